The number of hydrogen-bond donors (Lipinski definition) is 1. The fourth-order valence-corrected chi connectivity index (χ4v) is 3.24. The van der Waals surface area contributed by atoms with E-state index < -0.39 is 0 Å². The van der Waals surface area contributed by atoms with Crippen molar-refractivity contribution in [2.24, 2.45) is 0 Å². The molecule has 3 nitrogen and oxygen atoms in total. The summed E-state index contributed by atoms with van der Waals surface area (Å²) in [7, 11) is 0. The summed E-state index contributed by atoms with van der Waals surface area (Å²) in [6.07, 6.45) is 2.48. The number of carbonyl (C=O) groups excluding carboxylic acids is 1. The first-order chi connectivity index (χ1) is 10.5. The molecule has 0 amide bonds. The average molecular weight is 296 g/mol. The van der Waals surface area contributed by atoms with E-state index in [0.29, 0.717) is 12.6 Å². The summed E-state index contributed by atoms with van der Waals surface area (Å²) >= 11 is 0. The van der Waals surface area contributed by atoms with Crippen LogP contribution in [0.2, 0.25) is 0 Å². The predicted molar refractivity (Wildman–Crippen MR) is 90.9 cm³/mol. The van der Waals surface area contributed by atoms with Crippen molar-refractivity contribution in [3.05, 3.63) is 52.3 Å². The zero-order valence-corrected chi connectivity index (χ0v) is 13.9. The van der Waals surface area contributed by atoms with Gasteiger partial charge in [-0.2, -0.15) is 0 Å². The second-order valence-electron chi connectivity index (χ2n) is 6.48. The molecule has 0 aliphatic heterocycles. The summed E-state index contributed by atoms with van der Waals surface area (Å²) in [5, 5.41) is 3.28. The van der Waals surface area contributed by atoms with Crippen molar-refractivity contribution in [1.29, 1.82) is 0 Å². The van der Waals surface area contributed by atoms with Crippen LogP contribution in [0, 0.1) is 27.7 Å². The summed E-state index contributed by atoms with van der Waals surface area (Å²) < 4.78 is 2.32. The number of Topliss-reactive ketones (excluding diaryl/α,β-unsaturated/α-hetero) is 1. The first-order valence-electron chi connectivity index (χ1n) is 8.00. The fourth-order valence-electron chi connectivity index (χ4n) is 3.24. The van der Waals surface area contributed by atoms with Gasteiger partial charge in [0.25, 0.3) is 0 Å². The second kappa shape index (κ2) is 5.64. The van der Waals surface area contributed by atoms with Gasteiger partial charge in [0.05, 0.1) is 6.54 Å². The number of aromatic nitrogens is 1. The van der Waals surface area contributed by atoms with Crippen molar-refractivity contribution >= 4 is 11.5 Å². The molecule has 1 heterocycles. The van der Waals surface area contributed by atoms with Crippen LogP contribution in [0.3, 0.4) is 0 Å². The molecular weight excluding hydrogens is 272 g/mol. The van der Waals surface area contributed by atoms with Crippen LogP contribution in [0.15, 0.2) is 24.3 Å². The van der Waals surface area contributed by atoms with Gasteiger partial charge in [-0.15, -0.1) is 0 Å². The van der Waals surface area contributed by atoms with Gasteiger partial charge in [0.15, 0.2) is 5.78 Å². The number of rotatable bonds is 5. The van der Waals surface area contributed by atoms with E-state index >= 15 is 0 Å². The normalized spacial score (nSPS) is 14.2. The molecule has 0 saturated heterocycles. The van der Waals surface area contributed by atoms with Crippen molar-refractivity contribution in [3.63, 3.8) is 0 Å². The van der Waals surface area contributed by atoms with E-state index in [0.717, 1.165) is 16.9 Å². The number of benzene rings is 1. The zero-order valence-electron chi connectivity index (χ0n) is 13.9. The monoisotopic (exact) mass is 296 g/mol. The van der Waals surface area contributed by atoms with Gasteiger partial charge in [0, 0.05) is 28.7 Å². The third-order valence-corrected chi connectivity index (χ3v) is 4.52. The number of carbonyl (C=O) groups is 1. The van der Waals surface area contributed by atoms with Gasteiger partial charge in [-0.1, -0.05) is 17.7 Å². The number of hydrogen-bond acceptors (Lipinski definition) is 2. The maximum atomic E-state index is 12.5. The zero-order chi connectivity index (χ0) is 15.9. The Morgan fingerprint density at radius 1 is 1.18 bits per heavy atom. The molecule has 1 fully saturated rings. The lowest BCUT2D eigenvalue weighted by molar-refractivity contribution is 0.101. The van der Waals surface area contributed by atoms with Gasteiger partial charge < -0.3 is 9.88 Å². The molecule has 0 atom stereocenters. The molecule has 0 unspecified atom stereocenters. The Kier molecular flexibility index (Phi) is 3.81. The molecule has 116 valence electrons. The Morgan fingerprint density at radius 2 is 1.91 bits per heavy atom. The van der Waals surface area contributed by atoms with E-state index in [1.54, 1.807) is 0 Å². The number of anilines is 1. The van der Waals surface area contributed by atoms with E-state index in [2.05, 4.69) is 49.7 Å². The second-order valence-corrected chi connectivity index (χ2v) is 6.48. The van der Waals surface area contributed by atoms with E-state index in [-0.39, 0.29) is 5.78 Å². The Labute approximate surface area is 132 Å². The molecule has 1 aliphatic rings. The SMILES string of the molecule is Cc1ccc(NCC(=O)c2cc(C)n(C3CC3)c2C)c(C)c1. The minimum Gasteiger partial charge on any atom is -0.377 e. The lowest BCUT2D eigenvalue weighted by Crippen LogP contribution is -2.15. The van der Waals surface area contributed by atoms with Gasteiger partial charge in [0.2, 0.25) is 0 Å². The van der Waals surface area contributed by atoms with Crippen molar-refractivity contribution < 1.29 is 4.79 Å². The van der Waals surface area contributed by atoms with Crippen molar-refractivity contribution in [3.8, 4) is 0 Å². The van der Waals surface area contributed by atoms with Gasteiger partial charge in [-0.25, -0.2) is 0 Å². The first kappa shape index (κ1) is 14.9. The van der Waals surface area contributed by atoms with Crippen LogP contribution in [0.4, 0.5) is 5.69 Å². The van der Waals surface area contributed by atoms with Crippen LogP contribution < -0.4 is 5.32 Å². The van der Waals surface area contributed by atoms with Crippen molar-refractivity contribution in [2.45, 2.75) is 46.6 Å². The minimum absolute atomic E-state index is 0.167. The molecule has 22 heavy (non-hydrogen) atoms. The molecule has 1 saturated carbocycles. The quantitative estimate of drug-likeness (QED) is 0.832. The number of nitrogens with one attached hydrogen (secondary N) is 1. The predicted octanol–water partition coefficient (Wildman–Crippen LogP) is 4.35. The highest BCUT2D eigenvalue weighted by molar-refractivity contribution is 6.00. The van der Waals surface area contributed by atoms with E-state index in [9.17, 15) is 4.79 Å². The van der Waals surface area contributed by atoms with Crippen LogP contribution in [-0.2, 0) is 0 Å². The maximum absolute atomic E-state index is 12.5. The number of ketones is 1. The van der Waals surface area contributed by atoms with E-state index in [4.69, 9.17) is 0 Å². The van der Waals surface area contributed by atoms with Crippen LogP contribution in [0.5, 0.6) is 0 Å². The Morgan fingerprint density at radius 3 is 2.55 bits per heavy atom. The highest BCUT2D eigenvalue weighted by Gasteiger charge is 2.28. The van der Waals surface area contributed by atoms with Gasteiger partial charge in [-0.3, -0.25) is 4.79 Å². The Hall–Kier alpha value is -2.03. The summed E-state index contributed by atoms with van der Waals surface area (Å²) in [5.74, 6) is 0.167. The van der Waals surface area contributed by atoms with Crippen molar-refractivity contribution in [2.75, 3.05) is 11.9 Å². The summed E-state index contributed by atoms with van der Waals surface area (Å²) in [6.45, 7) is 8.65. The largest absolute Gasteiger partial charge is 0.377 e. The van der Waals surface area contributed by atoms with Gasteiger partial charge in [-0.05, 0) is 58.2 Å². The summed E-state index contributed by atoms with van der Waals surface area (Å²) in [6, 6.07) is 8.91. The molecule has 3 heteroatoms. The third kappa shape index (κ3) is 2.80. The highest BCUT2D eigenvalue weighted by Crippen LogP contribution is 2.38. The molecule has 0 bridgehead atoms. The summed E-state index contributed by atoms with van der Waals surface area (Å²) in [4.78, 5) is 12.5. The van der Waals surface area contributed by atoms with Crippen molar-refractivity contribution in [1.82, 2.24) is 4.57 Å². The number of nitrogens with zero attached hydrogens (tertiary/aromatic N) is 1. The first-order valence-corrected chi connectivity index (χ1v) is 8.00. The van der Waals surface area contributed by atoms with Gasteiger partial charge >= 0.3 is 0 Å². The standard InChI is InChI=1S/C19H24N2O/c1-12-5-8-18(13(2)9-12)20-11-19(22)17-10-14(3)21(15(17)4)16-6-7-16/h5,8-10,16,20H,6-7,11H2,1-4H3. The van der Waals surface area contributed by atoms with Crippen LogP contribution in [0.1, 0.15) is 51.8 Å². The van der Waals surface area contributed by atoms with Crippen LogP contribution in [-0.4, -0.2) is 16.9 Å². The average Bonchev–Trinajstić information content (AvgIpc) is 3.24. The number of aryl methyl sites for hydroxylation is 3. The topological polar surface area (TPSA) is 34.0 Å². The highest BCUT2D eigenvalue weighted by atomic mass is 16.1. The molecular formula is C19H24N2O. The third-order valence-electron chi connectivity index (χ3n) is 4.52. The maximum Gasteiger partial charge on any atom is 0.183 e. The lowest BCUT2D eigenvalue weighted by atomic mass is 10.1. The molecule has 0 spiro atoms. The Bertz CT molecular complexity index is 723. The van der Waals surface area contributed by atoms with E-state index in [1.165, 1.54) is 29.7 Å². The molecule has 1 N–H and O–H groups in total. The Balaban J connectivity index is 1.73. The minimum atomic E-state index is 0.167. The smallest absolute Gasteiger partial charge is 0.183 e. The van der Waals surface area contributed by atoms with E-state index in [1.807, 2.05) is 12.1 Å². The van der Waals surface area contributed by atoms with Crippen LogP contribution >= 0.6 is 0 Å². The summed E-state index contributed by atoms with van der Waals surface area (Å²) in [5.41, 5.74) is 6.64. The lowest BCUT2D eigenvalue weighted by Gasteiger charge is -2.10. The fraction of sp³-hybridized carbons (Fsp3) is 0.421. The van der Waals surface area contributed by atoms with Crippen LogP contribution in [0.25, 0.3) is 0 Å². The molecule has 1 aliphatic carbocycles. The molecule has 0 radical (unpaired) electrons. The molecule has 1 aromatic heterocycles. The molecule has 2 aromatic rings. The van der Waals surface area contributed by atoms with Gasteiger partial charge in [0.1, 0.15) is 0 Å². The molecule has 3 rings (SSSR count). The molecule has 1 aromatic carbocycles.